The van der Waals surface area contributed by atoms with Gasteiger partial charge in [-0.15, -0.1) is 13.2 Å². The van der Waals surface area contributed by atoms with Gasteiger partial charge in [-0.1, -0.05) is 24.3 Å². The predicted octanol–water partition coefficient (Wildman–Crippen LogP) is 8.39. The van der Waals surface area contributed by atoms with E-state index in [1.54, 1.807) is 24.3 Å². The zero-order valence-electron chi connectivity index (χ0n) is 26.8. The Morgan fingerprint density at radius 2 is 1.43 bits per heavy atom. The van der Waals surface area contributed by atoms with Gasteiger partial charge in [0.05, 0.1) is 22.9 Å². The fraction of sp³-hybridized carbons (Fsp3) is 0.189. The summed E-state index contributed by atoms with van der Waals surface area (Å²) in [6.45, 7) is 0. The topological polar surface area (TPSA) is 148 Å². The molecule has 1 aliphatic rings. The summed E-state index contributed by atoms with van der Waals surface area (Å²) in [6.07, 6.45) is -0.627. The molecule has 4 N–H and O–H groups in total. The van der Waals surface area contributed by atoms with Crippen LogP contribution < -0.4 is 30.2 Å². The summed E-state index contributed by atoms with van der Waals surface area (Å²) in [5, 5.41) is 19.3. The predicted molar refractivity (Wildman–Crippen MR) is 182 cm³/mol. The second kappa shape index (κ2) is 15.1. The molecule has 1 aromatic heterocycles. The van der Waals surface area contributed by atoms with Crippen molar-refractivity contribution in [2.45, 2.75) is 44.2 Å². The number of carboxylic acid groups (broad SMARTS) is 1. The van der Waals surface area contributed by atoms with Crippen molar-refractivity contribution in [2.75, 3.05) is 10.6 Å². The molecule has 1 aliphatic carbocycles. The number of anilines is 2. The van der Waals surface area contributed by atoms with Crippen LogP contribution in [0.5, 0.6) is 23.1 Å². The lowest BCUT2D eigenvalue weighted by molar-refractivity contribution is -0.274. The van der Waals surface area contributed by atoms with Crippen molar-refractivity contribution in [1.82, 2.24) is 10.3 Å². The van der Waals surface area contributed by atoms with Crippen LogP contribution in [-0.4, -0.2) is 46.5 Å². The molecule has 1 saturated carbocycles. The number of nitrogens with zero attached hydrogens (tertiary/aromatic N) is 1. The number of aromatic nitrogens is 1. The van der Waals surface area contributed by atoms with Gasteiger partial charge in [-0.2, -0.15) is 0 Å². The number of halogens is 3. The highest BCUT2D eigenvalue weighted by Gasteiger charge is 2.31. The number of urea groups is 1. The normalized spacial score (nSPS) is 15.7. The SMILES string of the molecule is O=C(Nc1ccc(OC(F)(F)F)cc1)NC1CCC(Oc2ccc3cc(Oc4ccc(C(=O)Nc5ccccc5C(=O)O)cn4)ccc3c2)CC1. The largest absolute Gasteiger partial charge is 0.573 e. The number of pyridine rings is 1. The molecule has 6 rings (SSSR count). The van der Waals surface area contributed by atoms with E-state index in [0.717, 1.165) is 35.7 Å². The van der Waals surface area contributed by atoms with Gasteiger partial charge in [0.1, 0.15) is 17.2 Å². The van der Waals surface area contributed by atoms with Gasteiger partial charge < -0.3 is 35.3 Å². The van der Waals surface area contributed by atoms with E-state index in [9.17, 15) is 32.7 Å². The third-order valence-electron chi connectivity index (χ3n) is 8.07. The fourth-order valence-electron chi connectivity index (χ4n) is 5.62. The van der Waals surface area contributed by atoms with Crippen LogP contribution in [-0.2, 0) is 0 Å². The number of rotatable bonds is 10. The van der Waals surface area contributed by atoms with Gasteiger partial charge in [0.15, 0.2) is 0 Å². The van der Waals surface area contributed by atoms with Crippen LogP contribution in [0.15, 0.2) is 103 Å². The summed E-state index contributed by atoms with van der Waals surface area (Å²) in [7, 11) is 0. The monoisotopic (exact) mass is 700 g/mol. The Balaban J connectivity index is 0.966. The first kappa shape index (κ1) is 34.5. The van der Waals surface area contributed by atoms with Gasteiger partial charge >= 0.3 is 18.4 Å². The van der Waals surface area contributed by atoms with Crippen molar-refractivity contribution in [3.05, 3.63) is 114 Å². The summed E-state index contributed by atoms with van der Waals surface area (Å²) in [6, 6.07) is 24.9. The quantitative estimate of drug-likeness (QED) is 0.114. The lowest BCUT2D eigenvalue weighted by Crippen LogP contribution is -2.41. The third-order valence-corrected chi connectivity index (χ3v) is 8.07. The maximum Gasteiger partial charge on any atom is 0.573 e. The molecular weight excluding hydrogens is 669 g/mol. The van der Waals surface area contributed by atoms with Crippen LogP contribution in [0.2, 0.25) is 0 Å². The molecule has 0 radical (unpaired) electrons. The van der Waals surface area contributed by atoms with Crippen LogP contribution in [0.4, 0.5) is 29.3 Å². The first-order valence-electron chi connectivity index (χ1n) is 15.9. The van der Waals surface area contributed by atoms with Crippen LogP contribution in [0.1, 0.15) is 46.4 Å². The number of nitrogens with one attached hydrogen (secondary N) is 3. The smallest absolute Gasteiger partial charge is 0.490 e. The molecule has 4 aromatic carbocycles. The van der Waals surface area contributed by atoms with Gasteiger partial charge in [-0.05, 0) is 103 Å². The number of carbonyl (C=O) groups is 3. The van der Waals surface area contributed by atoms with E-state index >= 15 is 0 Å². The molecule has 1 fully saturated rings. The minimum absolute atomic E-state index is 0.0217. The molecule has 0 saturated heterocycles. The average molecular weight is 701 g/mol. The minimum atomic E-state index is -4.79. The second-order valence-electron chi connectivity index (χ2n) is 11.7. The molecular formula is C37H31F3N4O7. The highest BCUT2D eigenvalue weighted by Crippen LogP contribution is 2.30. The number of hydrogen-bond donors (Lipinski definition) is 4. The molecule has 262 valence electrons. The molecule has 0 unspecified atom stereocenters. The maximum atomic E-state index is 12.7. The zero-order valence-corrected chi connectivity index (χ0v) is 26.8. The number of benzene rings is 4. The van der Waals surface area contributed by atoms with E-state index in [2.05, 4.69) is 25.7 Å². The third kappa shape index (κ3) is 9.44. The summed E-state index contributed by atoms with van der Waals surface area (Å²) in [5.74, 6) is -0.505. The van der Waals surface area contributed by atoms with E-state index in [0.29, 0.717) is 30.0 Å². The fourth-order valence-corrected chi connectivity index (χ4v) is 5.62. The number of para-hydroxylation sites is 1. The molecule has 0 aliphatic heterocycles. The van der Waals surface area contributed by atoms with Crippen LogP contribution in [0.25, 0.3) is 10.8 Å². The number of ether oxygens (including phenoxy) is 3. The molecule has 51 heavy (non-hydrogen) atoms. The molecule has 1 heterocycles. The lowest BCUT2D eigenvalue weighted by Gasteiger charge is -2.29. The van der Waals surface area contributed by atoms with Gasteiger partial charge in [0.2, 0.25) is 5.88 Å². The summed E-state index contributed by atoms with van der Waals surface area (Å²) >= 11 is 0. The number of fused-ring (bicyclic) bond motifs is 1. The number of alkyl halides is 3. The Hall–Kier alpha value is -6.31. The Morgan fingerprint density at radius 3 is 2.10 bits per heavy atom. The van der Waals surface area contributed by atoms with Crippen molar-refractivity contribution in [2.24, 2.45) is 0 Å². The first-order valence-corrected chi connectivity index (χ1v) is 15.9. The van der Waals surface area contributed by atoms with Crippen molar-refractivity contribution >= 4 is 40.1 Å². The summed E-state index contributed by atoms with van der Waals surface area (Å²) in [4.78, 5) is 40.7. The van der Waals surface area contributed by atoms with Gasteiger partial charge in [-0.3, -0.25) is 4.79 Å². The van der Waals surface area contributed by atoms with Crippen LogP contribution >= 0.6 is 0 Å². The Kier molecular flexibility index (Phi) is 10.2. The molecule has 5 aromatic rings. The standard InChI is InChI=1S/C37H31F3N4O7/c38-37(39,40)51-28-16-10-26(11-17-28)43-36(48)42-25-8-14-27(15-9-25)49-29-12-5-23-20-30(13-6-22(23)19-29)50-33-18-7-24(21-41-33)34(45)44-32-4-2-1-3-31(32)35(46)47/h1-7,10-13,16-21,25,27H,8-9,14-15H2,(H,44,45)(H,46,47)(H2,42,43,48). The Morgan fingerprint density at radius 1 is 0.765 bits per heavy atom. The van der Waals surface area contributed by atoms with E-state index in [1.807, 2.05) is 30.3 Å². The summed E-state index contributed by atoms with van der Waals surface area (Å²) in [5.41, 5.74) is 0.727. The average Bonchev–Trinajstić information content (AvgIpc) is 3.10. The van der Waals surface area contributed by atoms with Gasteiger partial charge in [0.25, 0.3) is 5.91 Å². The highest BCUT2D eigenvalue weighted by molar-refractivity contribution is 6.07. The Bertz CT molecular complexity index is 2030. The van der Waals surface area contributed by atoms with Gasteiger partial charge in [-0.25, -0.2) is 14.6 Å². The van der Waals surface area contributed by atoms with E-state index < -0.39 is 24.3 Å². The molecule has 14 heteroatoms. The lowest BCUT2D eigenvalue weighted by atomic mass is 9.93. The van der Waals surface area contributed by atoms with Crippen LogP contribution in [0, 0.1) is 0 Å². The van der Waals surface area contributed by atoms with E-state index in [4.69, 9.17) is 9.47 Å². The van der Waals surface area contributed by atoms with Crippen molar-refractivity contribution in [3.63, 3.8) is 0 Å². The van der Waals surface area contributed by atoms with Crippen LogP contribution in [0.3, 0.4) is 0 Å². The van der Waals surface area contributed by atoms with Gasteiger partial charge in [0, 0.05) is 24.0 Å². The number of carboxylic acids is 1. The number of amides is 3. The molecule has 0 bridgehead atoms. The van der Waals surface area contributed by atoms with E-state index in [1.165, 1.54) is 36.5 Å². The van der Waals surface area contributed by atoms with Crippen molar-refractivity contribution < 1.29 is 46.9 Å². The molecule has 0 spiro atoms. The molecule has 0 atom stereocenters. The number of aromatic carboxylic acids is 1. The first-order chi connectivity index (χ1) is 24.5. The molecule has 3 amide bonds. The second-order valence-corrected chi connectivity index (χ2v) is 11.7. The van der Waals surface area contributed by atoms with Crippen molar-refractivity contribution in [3.8, 4) is 23.1 Å². The maximum absolute atomic E-state index is 12.7. The molecule has 11 nitrogen and oxygen atoms in total. The minimum Gasteiger partial charge on any atom is -0.490 e. The number of carbonyl (C=O) groups excluding carboxylic acids is 2. The highest BCUT2D eigenvalue weighted by atomic mass is 19.4. The number of hydrogen-bond acceptors (Lipinski definition) is 7. The van der Waals surface area contributed by atoms with E-state index in [-0.39, 0.29) is 40.6 Å². The van der Waals surface area contributed by atoms with Crippen molar-refractivity contribution in [1.29, 1.82) is 0 Å². The summed E-state index contributed by atoms with van der Waals surface area (Å²) < 4.78 is 53.0. The zero-order chi connectivity index (χ0) is 36.0. The Labute approximate surface area is 289 Å².